The van der Waals surface area contributed by atoms with Crippen LogP contribution in [0.2, 0.25) is 0 Å². The third-order valence-corrected chi connectivity index (χ3v) is 12.0. The Balaban J connectivity index is 0.000000258. The van der Waals surface area contributed by atoms with Crippen LogP contribution in [-0.2, 0) is 61.8 Å². The maximum atomic E-state index is 12.1. The predicted molar refractivity (Wildman–Crippen MR) is 258 cm³/mol. The number of ether oxygens (including phenoxy) is 10. The molecule has 0 saturated carbocycles. The van der Waals surface area contributed by atoms with Gasteiger partial charge in [0, 0.05) is 71.2 Å². The Morgan fingerprint density at radius 3 is 1.41 bits per heavy atom. The van der Waals surface area contributed by atoms with Gasteiger partial charge in [-0.15, -0.1) is 0 Å². The van der Waals surface area contributed by atoms with Gasteiger partial charge in [-0.2, -0.15) is 0 Å². The predicted octanol–water partition coefficient (Wildman–Crippen LogP) is 6.47. The molecule has 6 heterocycles. The number of carbonyl (C=O) groups excluding carboxylic acids is 4. The zero-order valence-corrected chi connectivity index (χ0v) is 42.7. The monoisotopic (exact) mass is 970 g/mol. The minimum absolute atomic E-state index is 0.0110. The van der Waals surface area contributed by atoms with Crippen molar-refractivity contribution in [1.82, 2.24) is 15.5 Å². The zero-order chi connectivity index (χ0) is 50.4. The summed E-state index contributed by atoms with van der Waals surface area (Å²) in [6.45, 7) is 20.8. The molecule has 17 heteroatoms. The molecule has 6 aliphatic rings. The molecule has 0 aliphatic carbocycles. The summed E-state index contributed by atoms with van der Waals surface area (Å²) in [4.78, 5) is 48.3. The molecule has 6 saturated heterocycles. The smallest absolute Gasteiger partial charge is 0.409 e. The van der Waals surface area contributed by atoms with Crippen LogP contribution in [0, 0.1) is 0 Å². The van der Waals surface area contributed by atoms with Crippen molar-refractivity contribution in [3.05, 3.63) is 71.9 Å². The second-order valence-electron chi connectivity index (χ2n) is 20.5. The molecule has 6 atom stereocenters. The molecular weight excluding hydrogens is 891 g/mol. The lowest BCUT2D eigenvalue weighted by atomic mass is 9.85. The van der Waals surface area contributed by atoms with Crippen molar-refractivity contribution in [3.63, 3.8) is 0 Å². The Labute approximate surface area is 409 Å². The van der Waals surface area contributed by atoms with E-state index in [0.29, 0.717) is 45.7 Å². The lowest BCUT2D eigenvalue weighted by molar-refractivity contribution is -0.187. The Kier molecular flexibility index (Phi) is 20.4. The van der Waals surface area contributed by atoms with Crippen molar-refractivity contribution in [1.29, 1.82) is 0 Å². The maximum absolute atomic E-state index is 12.1. The Bertz CT molecular complexity index is 1900. The van der Waals surface area contributed by atoms with Gasteiger partial charge in [-0.05, 0) is 67.5 Å². The molecule has 6 fully saturated rings. The van der Waals surface area contributed by atoms with Gasteiger partial charge in [-0.25, -0.2) is 4.79 Å². The van der Waals surface area contributed by atoms with Crippen molar-refractivity contribution >= 4 is 23.9 Å². The van der Waals surface area contributed by atoms with Crippen molar-refractivity contribution in [3.8, 4) is 0 Å². The Hall–Kier alpha value is -4.20. The van der Waals surface area contributed by atoms with Gasteiger partial charge in [-0.3, -0.25) is 14.4 Å². The number of esters is 1. The van der Waals surface area contributed by atoms with Gasteiger partial charge in [0.05, 0.1) is 86.3 Å². The third-order valence-electron chi connectivity index (χ3n) is 12.0. The molecule has 386 valence electrons. The lowest BCUT2D eigenvalue weighted by Crippen LogP contribution is -2.46. The normalized spacial score (nSPS) is 31.8. The fourth-order valence-corrected chi connectivity index (χ4v) is 8.60. The topological polar surface area (TPSA) is 194 Å². The molecule has 0 aromatic heterocycles. The summed E-state index contributed by atoms with van der Waals surface area (Å²) in [5.41, 5.74) is 1.90. The van der Waals surface area contributed by atoms with Crippen LogP contribution >= 0.6 is 0 Å². The maximum Gasteiger partial charge on any atom is 0.409 e. The molecule has 2 N–H and O–H groups in total. The molecule has 0 aromatic carbocycles. The number of carbonyl (C=O) groups is 4. The third kappa shape index (κ3) is 20.2. The largest absolute Gasteiger partial charge is 0.458 e. The highest BCUT2D eigenvalue weighted by atomic mass is 16.7. The summed E-state index contributed by atoms with van der Waals surface area (Å²) in [6.07, 6.45) is 21.6. The number of amides is 3. The molecule has 1 unspecified atom stereocenters. The molecule has 6 aliphatic heterocycles. The van der Waals surface area contributed by atoms with E-state index in [1.54, 1.807) is 40.9 Å². The minimum atomic E-state index is -0.512. The summed E-state index contributed by atoms with van der Waals surface area (Å²) in [5, 5.41) is 5.67. The van der Waals surface area contributed by atoms with Crippen molar-refractivity contribution in [2.75, 3.05) is 53.7 Å². The molecular formula is C52H79N3O14. The van der Waals surface area contributed by atoms with Crippen molar-refractivity contribution in [2.45, 2.75) is 179 Å². The van der Waals surface area contributed by atoms with E-state index in [1.165, 1.54) is 23.1 Å². The molecule has 3 amide bonds. The number of epoxide rings is 2. The van der Waals surface area contributed by atoms with Gasteiger partial charge in [0.2, 0.25) is 11.8 Å². The number of nitrogens with one attached hydrogen (secondary N) is 2. The molecule has 0 aromatic rings. The Morgan fingerprint density at radius 1 is 0.652 bits per heavy atom. The number of hydrogen-bond donors (Lipinski definition) is 2. The van der Waals surface area contributed by atoms with E-state index in [-0.39, 0.29) is 77.1 Å². The summed E-state index contributed by atoms with van der Waals surface area (Å²) in [7, 11) is 3.20. The summed E-state index contributed by atoms with van der Waals surface area (Å²) in [5.74, 6) is -0.867. The second kappa shape index (κ2) is 25.3. The lowest BCUT2D eigenvalue weighted by Gasteiger charge is -2.38. The number of rotatable bonds is 17. The molecule has 0 radical (unpaired) electrons. The van der Waals surface area contributed by atoms with Crippen molar-refractivity contribution < 1.29 is 66.5 Å². The fraction of sp³-hybridized carbons (Fsp3) is 0.692. The average molecular weight is 970 g/mol. The van der Waals surface area contributed by atoms with E-state index in [9.17, 15) is 19.2 Å². The van der Waals surface area contributed by atoms with Crippen LogP contribution in [-0.4, -0.2) is 154 Å². The zero-order valence-electron chi connectivity index (χ0n) is 42.7. The molecule has 2 spiro atoms. The van der Waals surface area contributed by atoms with Crippen LogP contribution in [0.4, 0.5) is 4.79 Å². The Morgan fingerprint density at radius 2 is 1.04 bits per heavy atom. The molecule has 0 bridgehead atoms. The first-order valence-corrected chi connectivity index (χ1v) is 24.4. The quantitative estimate of drug-likeness (QED) is 0.0697. The standard InChI is InChI=1S/C26H40N2O7.C26H39NO7/c1-18(7-10-21-13-26(17-33-26)16-25(3,4)35-21)8-12-23-31-14-20(15-32-23)27-22(29)11-9-19(2)34-24(30)28(5)6;1-6-23(29)33-19(3)9-11-22(28)27-20-14-30-24(31-15-20)12-8-18(2)7-10-21-13-26(17-32-26)16-25(4,5)34-21/h7-11,19-21,23H,12-17H2,1-6H3,(H,27,29);7-11,19-21,24H,6,12-17H2,1-5H3,(H,27,28)/b2*10-7+,11-9-,18-8+/t19-,20?,21+,23?,26+;19-,20?,21?,24?,26+/m00/s1. The first-order chi connectivity index (χ1) is 32.5. The van der Waals surface area contributed by atoms with E-state index in [0.717, 1.165) is 50.0 Å². The van der Waals surface area contributed by atoms with E-state index in [4.69, 9.17) is 47.4 Å². The van der Waals surface area contributed by atoms with E-state index in [1.807, 2.05) is 13.8 Å². The van der Waals surface area contributed by atoms with Gasteiger partial charge in [0.1, 0.15) is 12.2 Å². The molecule has 6 rings (SSSR count). The van der Waals surface area contributed by atoms with E-state index >= 15 is 0 Å². The van der Waals surface area contributed by atoms with E-state index in [2.05, 4.69) is 74.8 Å². The van der Waals surface area contributed by atoms with E-state index < -0.39 is 18.3 Å². The van der Waals surface area contributed by atoms with Crippen LogP contribution in [0.5, 0.6) is 0 Å². The molecule has 17 nitrogen and oxygen atoms in total. The van der Waals surface area contributed by atoms with Crippen LogP contribution in [0.1, 0.15) is 107 Å². The highest BCUT2D eigenvalue weighted by molar-refractivity contribution is 5.88. The van der Waals surface area contributed by atoms with Gasteiger partial charge < -0.3 is 62.9 Å². The van der Waals surface area contributed by atoms with Gasteiger partial charge >= 0.3 is 12.1 Å². The van der Waals surface area contributed by atoms with Gasteiger partial charge in [0.25, 0.3) is 0 Å². The number of hydrogen-bond acceptors (Lipinski definition) is 14. The van der Waals surface area contributed by atoms with Gasteiger partial charge in [0.15, 0.2) is 12.6 Å². The first-order valence-electron chi connectivity index (χ1n) is 24.4. The summed E-state index contributed by atoms with van der Waals surface area (Å²) in [6, 6.07) is -0.465. The second-order valence-corrected chi connectivity index (χ2v) is 20.5. The highest BCUT2D eigenvalue weighted by Crippen LogP contribution is 2.47. The van der Waals surface area contributed by atoms with Crippen LogP contribution in [0.25, 0.3) is 0 Å². The minimum Gasteiger partial charge on any atom is -0.458 e. The SMILES string of the molecule is CC(/C=C/[C@@H]1C[C@]2(CO2)CC(C)(C)O1)=C\CC1OCC(NC(=O)/C=C\[C@H](C)OC(=O)N(C)C)CO1.CCC(=O)O[C@@H](C)/C=C\C(=O)NC1COC(C/C=C(C)/C=C/C2C[C@]3(CO3)CC(C)(C)O2)OC1. The fourth-order valence-electron chi connectivity index (χ4n) is 8.60. The van der Waals surface area contributed by atoms with Gasteiger partial charge in [-0.1, -0.05) is 54.5 Å². The number of allylic oxidation sites excluding steroid dienone is 4. The van der Waals surface area contributed by atoms with Crippen molar-refractivity contribution in [2.24, 2.45) is 0 Å². The first kappa shape index (κ1) is 55.7. The summed E-state index contributed by atoms with van der Waals surface area (Å²) < 4.78 is 57.0. The summed E-state index contributed by atoms with van der Waals surface area (Å²) >= 11 is 0. The van der Waals surface area contributed by atoms with Crippen LogP contribution in [0.3, 0.4) is 0 Å². The average Bonchev–Trinajstić information content (AvgIpc) is 4.22. The number of nitrogens with zero attached hydrogens (tertiary/aromatic N) is 1. The van der Waals surface area contributed by atoms with Crippen LogP contribution in [0.15, 0.2) is 71.9 Å². The highest BCUT2D eigenvalue weighted by Gasteiger charge is 2.54. The molecule has 69 heavy (non-hydrogen) atoms. The van der Waals surface area contributed by atoms with Crippen LogP contribution < -0.4 is 10.6 Å².